The maximum atomic E-state index is 13.0. The SMILES string of the molecule is Cc1ccc2cccc(OCc3c(Cl)ccc(N(C)C(=O)CNC(=O)Nc4cccc5ccccc45)c3Cl)c2n1. The van der Waals surface area contributed by atoms with Gasteiger partial charge >= 0.3 is 6.03 Å². The van der Waals surface area contributed by atoms with Gasteiger partial charge in [0.05, 0.1) is 22.9 Å². The van der Waals surface area contributed by atoms with Crippen molar-refractivity contribution in [2.45, 2.75) is 13.5 Å². The lowest BCUT2D eigenvalue weighted by atomic mass is 10.1. The van der Waals surface area contributed by atoms with E-state index in [1.807, 2.05) is 79.7 Å². The normalized spacial score (nSPS) is 10.9. The van der Waals surface area contributed by atoms with Crippen LogP contribution in [0.5, 0.6) is 5.75 Å². The molecule has 7 nitrogen and oxygen atoms in total. The number of likely N-dealkylation sites (N-methyl/N-ethyl adjacent to an activating group) is 1. The molecule has 0 aliphatic rings. The summed E-state index contributed by atoms with van der Waals surface area (Å²) in [6.45, 7) is 1.76. The van der Waals surface area contributed by atoms with Gasteiger partial charge in [0.25, 0.3) is 0 Å². The number of urea groups is 1. The third-order valence-corrected chi connectivity index (χ3v) is 7.31. The molecule has 0 aliphatic carbocycles. The Kier molecular flexibility index (Phi) is 8.05. The quantitative estimate of drug-likeness (QED) is 0.213. The number of hydrogen-bond donors (Lipinski definition) is 2. The molecule has 202 valence electrons. The van der Waals surface area contributed by atoms with Crippen molar-refractivity contribution in [3.8, 4) is 5.75 Å². The predicted molar refractivity (Wildman–Crippen MR) is 162 cm³/mol. The first-order chi connectivity index (χ1) is 19.3. The number of para-hydroxylation sites is 1. The number of benzene rings is 4. The average Bonchev–Trinajstić information content (AvgIpc) is 2.96. The van der Waals surface area contributed by atoms with Gasteiger partial charge in [0.1, 0.15) is 17.9 Å². The Bertz CT molecular complexity index is 1740. The number of halogens is 2. The third-order valence-electron chi connectivity index (χ3n) is 6.53. The molecule has 9 heteroatoms. The number of aryl methyl sites for hydroxylation is 1. The highest BCUT2D eigenvalue weighted by Gasteiger charge is 2.20. The molecular weight excluding hydrogens is 547 g/mol. The number of carbonyl (C=O) groups is 2. The Labute approximate surface area is 241 Å². The lowest BCUT2D eigenvalue weighted by Crippen LogP contribution is -2.40. The van der Waals surface area contributed by atoms with Crippen LogP contribution < -0.4 is 20.3 Å². The van der Waals surface area contributed by atoms with Gasteiger partial charge in [-0.2, -0.15) is 0 Å². The monoisotopic (exact) mass is 572 g/mol. The van der Waals surface area contributed by atoms with Crippen LogP contribution in [0, 0.1) is 6.92 Å². The van der Waals surface area contributed by atoms with E-state index in [9.17, 15) is 9.59 Å². The molecule has 4 aromatic carbocycles. The Hall–Kier alpha value is -4.33. The van der Waals surface area contributed by atoms with Gasteiger partial charge < -0.3 is 20.3 Å². The van der Waals surface area contributed by atoms with Crippen molar-refractivity contribution >= 4 is 68.2 Å². The fraction of sp³-hybridized carbons (Fsp3) is 0.129. The van der Waals surface area contributed by atoms with E-state index >= 15 is 0 Å². The van der Waals surface area contributed by atoms with E-state index in [-0.39, 0.29) is 24.1 Å². The van der Waals surface area contributed by atoms with Crippen LogP contribution in [0.4, 0.5) is 16.2 Å². The van der Waals surface area contributed by atoms with Crippen LogP contribution in [0.1, 0.15) is 11.3 Å². The minimum Gasteiger partial charge on any atom is -0.487 e. The van der Waals surface area contributed by atoms with Crippen LogP contribution in [0.25, 0.3) is 21.7 Å². The number of carbonyl (C=O) groups excluding carboxylic acids is 2. The van der Waals surface area contributed by atoms with Gasteiger partial charge in [-0.1, -0.05) is 77.8 Å². The fourth-order valence-electron chi connectivity index (χ4n) is 4.37. The topological polar surface area (TPSA) is 83.6 Å². The highest BCUT2D eigenvalue weighted by atomic mass is 35.5. The Morgan fingerprint density at radius 3 is 2.50 bits per heavy atom. The molecule has 5 aromatic rings. The number of fused-ring (bicyclic) bond motifs is 2. The van der Waals surface area contributed by atoms with Crippen LogP contribution in [0.2, 0.25) is 10.0 Å². The maximum absolute atomic E-state index is 13.0. The molecule has 0 spiro atoms. The van der Waals surface area contributed by atoms with Crippen LogP contribution in [0.3, 0.4) is 0 Å². The number of nitrogens with zero attached hydrogens (tertiary/aromatic N) is 2. The van der Waals surface area contributed by atoms with Crippen molar-refractivity contribution in [2.24, 2.45) is 0 Å². The molecule has 0 bridgehead atoms. The number of rotatable bonds is 7. The minimum atomic E-state index is -0.492. The molecule has 0 aliphatic heterocycles. The summed E-state index contributed by atoms with van der Waals surface area (Å²) in [7, 11) is 1.59. The Balaban J connectivity index is 1.26. The number of hydrogen-bond acceptors (Lipinski definition) is 4. The Morgan fingerprint density at radius 2 is 1.65 bits per heavy atom. The van der Waals surface area contributed by atoms with E-state index in [1.54, 1.807) is 19.2 Å². The van der Waals surface area contributed by atoms with Crippen LogP contribution >= 0.6 is 23.2 Å². The molecule has 0 saturated carbocycles. The standard InChI is InChI=1S/C31H26Cl2N4O3/c1-19-13-14-21-9-6-12-27(30(21)35-19)40-18-23-24(32)15-16-26(29(23)33)37(2)28(38)17-34-31(39)36-25-11-5-8-20-7-3-4-10-22(20)25/h3-16H,17-18H2,1-2H3,(H2,34,36,39). The van der Waals surface area contributed by atoms with Crippen molar-refractivity contribution < 1.29 is 14.3 Å². The molecule has 0 atom stereocenters. The van der Waals surface area contributed by atoms with E-state index < -0.39 is 6.03 Å². The second kappa shape index (κ2) is 11.8. The number of pyridine rings is 1. The molecule has 1 aromatic heterocycles. The summed E-state index contributed by atoms with van der Waals surface area (Å²) in [6, 6.07) is 25.8. The lowest BCUT2D eigenvalue weighted by Gasteiger charge is -2.21. The van der Waals surface area contributed by atoms with Gasteiger partial charge in [0.15, 0.2) is 0 Å². The van der Waals surface area contributed by atoms with Gasteiger partial charge in [0, 0.05) is 34.1 Å². The van der Waals surface area contributed by atoms with Crippen molar-refractivity contribution in [1.29, 1.82) is 0 Å². The van der Waals surface area contributed by atoms with E-state index in [0.29, 0.717) is 27.7 Å². The minimum absolute atomic E-state index is 0.0773. The van der Waals surface area contributed by atoms with E-state index in [1.165, 1.54) is 4.90 Å². The molecule has 0 radical (unpaired) electrons. The van der Waals surface area contributed by atoms with Crippen LogP contribution in [-0.2, 0) is 11.4 Å². The number of aromatic nitrogens is 1. The number of amides is 3. The van der Waals surface area contributed by atoms with Crippen molar-refractivity contribution in [1.82, 2.24) is 10.3 Å². The molecule has 2 N–H and O–H groups in total. The van der Waals surface area contributed by atoms with Crippen LogP contribution in [0.15, 0.2) is 84.9 Å². The Morgan fingerprint density at radius 1 is 0.900 bits per heavy atom. The van der Waals surface area contributed by atoms with Crippen molar-refractivity contribution in [3.63, 3.8) is 0 Å². The van der Waals surface area contributed by atoms with E-state index in [0.717, 1.165) is 27.4 Å². The first-order valence-corrected chi connectivity index (χ1v) is 13.3. The van der Waals surface area contributed by atoms with Crippen LogP contribution in [-0.4, -0.2) is 30.5 Å². The highest BCUT2D eigenvalue weighted by Crippen LogP contribution is 2.35. The fourth-order valence-corrected chi connectivity index (χ4v) is 4.98. The molecule has 40 heavy (non-hydrogen) atoms. The summed E-state index contributed by atoms with van der Waals surface area (Å²) in [5.41, 5.74) is 3.25. The summed E-state index contributed by atoms with van der Waals surface area (Å²) in [5, 5.41) is 8.98. The maximum Gasteiger partial charge on any atom is 0.319 e. The largest absolute Gasteiger partial charge is 0.487 e. The lowest BCUT2D eigenvalue weighted by molar-refractivity contribution is -0.117. The average molecular weight is 573 g/mol. The van der Waals surface area contributed by atoms with Crippen molar-refractivity contribution in [3.05, 3.63) is 106 Å². The zero-order valence-corrected chi connectivity index (χ0v) is 23.4. The smallest absolute Gasteiger partial charge is 0.319 e. The summed E-state index contributed by atoms with van der Waals surface area (Å²) < 4.78 is 6.08. The number of ether oxygens (including phenoxy) is 1. The highest BCUT2D eigenvalue weighted by molar-refractivity contribution is 6.38. The van der Waals surface area contributed by atoms with Gasteiger partial charge in [-0.3, -0.25) is 4.79 Å². The number of nitrogens with one attached hydrogen (secondary N) is 2. The zero-order chi connectivity index (χ0) is 28.2. The molecule has 0 unspecified atom stereocenters. The first-order valence-electron chi connectivity index (χ1n) is 12.6. The molecule has 0 saturated heterocycles. The van der Waals surface area contributed by atoms with Gasteiger partial charge in [-0.25, -0.2) is 9.78 Å². The second-order valence-corrected chi connectivity index (χ2v) is 10.0. The molecule has 0 fully saturated rings. The molecule has 3 amide bonds. The summed E-state index contributed by atoms with van der Waals surface area (Å²) in [4.78, 5) is 31.5. The summed E-state index contributed by atoms with van der Waals surface area (Å²) in [5.74, 6) is 0.238. The molecule has 5 rings (SSSR count). The van der Waals surface area contributed by atoms with E-state index in [4.69, 9.17) is 27.9 Å². The second-order valence-electron chi connectivity index (χ2n) is 9.22. The van der Waals surface area contributed by atoms with Gasteiger partial charge in [0.2, 0.25) is 5.91 Å². The van der Waals surface area contributed by atoms with E-state index in [2.05, 4.69) is 15.6 Å². The number of anilines is 2. The zero-order valence-electron chi connectivity index (χ0n) is 21.9. The predicted octanol–water partition coefficient (Wildman–Crippen LogP) is 7.37. The van der Waals surface area contributed by atoms with Gasteiger partial charge in [-0.15, -0.1) is 0 Å². The first kappa shape index (κ1) is 27.2. The van der Waals surface area contributed by atoms with Gasteiger partial charge in [-0.05, 0) is 42.6 Å². The third kappa shape index (κ3) is 5.81. The van der Waals surface area contributed by atoms with Crippen molar-refractivity contribution in [2.75, 3.05) is 23.8 Å². The summed E-state index contributed by atoms with van der Waals surface area (Å²) in [6.07, 6.45) is 0. The molecule has 1 heterocycles. The molecular formula is C31H26Cl2N4O3. The summed E-state index contributed by atoms with van der Waals surface area (Å²) >= 11 is 13.2.